The van der Waals surface area contributed by atoms with Gasteiger partial charge in [-0.15, -0.1) is 12.4 Å². The van der Waals surface area contributed by atoms with Gasteiger partial charge in [0, 0.05) is 18.2 Å². The Balaban J connectivity index is 0.00000338. The molecule has 0 spiro atoms. The molecule has 1 saturated heterocycles. The molecule has 26 heavy (non-hydrogen) atoms. The van der Waals surface area contributed by atoms with Gasteiger partial charge in [0.05, 0.1) is 7.11 Å². The fourth-order valence-corrected chi connectivity index (χ4v) is 3.10. The van der Waals surface area contributed by atoms with Crippen LogP contribution in [0.5, 0.6) is 11.5 Å². The Morgan fingerprint density at radius 3 is 2.62 bits per heavy atom. The first-order valence-corrected chi connectivity index (χ1v) is 8.59. The second kappa shape index (κ2) is 10.9. The molecule has 1 heterocycles. The van der Waals surface area contributed by atoms with Crippen LogP contribution in [0.2, 0.25) is 0 Å². The molecule has 1 aliphatic rings. The minimum Gasteiger partial charge on any atom is -0.493 e. The number of primary amides is 1. The molecule has 1 aromatic carbocycles. The highest BCUT2D eigenvalue weighted by atomic mass is 35.5. The average Bonchev–Trinajstić information content (AvgIpc) is 2.60. The Morgan fingerprint density at radius 1 is 1.31 bits per heavy atom. The van der Waals surface area contributed by atoms with E-state index in [9.17, 15) is 9.59 Å². The highest BCUT2D eigenvalue weighted by Gasteiger charge is 2.22. The van der Waals surface area contributed by atoms with Crippen molar-refractivity contribution in [1.29, 1.82) is 0 Å². The number of hydrogen-bond donors (Lipinski definition) is 3. The van der Waals surface area contributed by atoms with Crippen LogP contribution < -0.4 is 25.8 Å². The maximum Gasteiger partial charge on any atom is 0.255 e. The van der Waals surface area contributed by atoms with Gasteiger partial charge >= 0.3 is 0 Å². The van der Waals surface area contributed by atoms with E-state index in [1.807, 2.05) is 0 Å². The zero-order chi connectivity index (χ0) is 18.2. The minimum absolute atomic E-state index is 0. The summed E-state index contributed by atoms with van der Waals surface area (Å²) < 4.78 is 10.5. The van der Waals surface area contributed by atoms with E-state index in [1.165, 1.54) is 7.11 Å². The van der Waals surface area contributed by atoms with Crippen molar-refractivity contribution in [1.82, 2.24) is 5.32 Å². The number of ether oxygens (including phenoxy) is 2. The summed E-state index contributed by atoms with van der Waals surface area (Å²) in [7, 11) is 1.51. The maximum absolute atomic E-state index is 12.3. The van der Waals surface area contributed by atoms with E-state index in [4.69, 9.17) is 15.2 Å². The predicted molar refractivity (Wildman–Crippen MR) is 103 cm³/mol. The molecule has 146 valence electrons. The number of carbonyl (C=O) groups is 2. The number of hydrogen-bond acceptors (Lipinski definition) is 5. The summed E-state index contributed by atoms with van der Waals surface area (Å²) >= 11 is 0. The fourth-order valence-electron chi connectivity index (χ4n) is 3.10. The third-order valence-electron chi connectivity index (χ3n) is 4.51. The second-order valence-corrected chi connectivity index (χ2v) is 6.44. The van der Waals surface area contributed by atoms with E-state index in [0.717, 1.165) is 25.9 Å². The van der Waals surface area contributed by atoms with Crippen LogP contribution in [-0.4, -0.2) is 38.6 Å². The number of nitrogens with two attached hydrogens (primary N) is 1. The molecule has 1 aromatic rings. The molecule has 4 N–H and O–H groups in total. The van der Waals surface area contributed by atoms with Crippen molar-refractivity contribution >= 4 is 29.9 Å². The van der Waals surface area contributed by atoms with E-state index in [0.29, 0.717) is 35.4 Å². The summed E-state index contributed by atoms with van der Waals surface area (Å²) in [6.45, 7) is 3.93. The largest absolute Gasteiger partial charge is 0.493 e. The maximum atomic E-state index is 12.3. The van der Waals surface area contributed by atoms with Crippen LogP contribution in [0.1, 0.15) is 26.2 Å². The molecule has 1 atom stereocenters. The van der Waals surface area contributed by atoms with Gasteiger partial charge in [-0.2, -0.15) is 0 Å². The van der Waals surface area contributed by atoms with Crippen LogP contribution >= 0.6 is 12.4 Å². The van der Waals surface area contributed by atoms with Crippen molar-refractivity contribution in [3.63, 3.8) is 0 Å². The lowest BCUT2D eigenvalue weighted by atomic mass is 9.84. The van der Waals surface area contributed by atoms with E-state index >= 15 is 0 Å². The summed E-state index contributed by atoms with van der Waals surface area (Å²) in [6.07, 6.45) is 2.71. The van der Waals surface area contributed by atoms with Crippen LogP contribution in [0.15, 0.2) is 18.2 Å². The number of benzene rings is 1. The highest BCUT2D eigenvalue weighted by Crippen LogP contribution is 2.31. The van der Waals surface area contributed by atoms with Gasteiger partial charge in [0.15, 0.2) is 18.1 Å². The van der Waals surface area contributed by atoms with E-state index < -0.39 is 5.91 Å². The number of carbonyl (C=O) groups excluding carboxylic acids is 2. The molecule has 1 aliphatic heterocycles. The van der Waals surface area contributed by atoms with Gasteiger partial charge in [0.1, 0.15) is 0 Å². The van der Waals surface area contributed by atoms with E-state index in [-0.39, 0.29) is 24.9 Å². The molecule has 8 heteroatoms. The topological polar surface area (TPSA) is 103 Å². The number of nitrogens with one attached hydrogen (secondary N) is 2. The van der Waals surface area contributed by atoms with E-state index in [2.05, 4.69) is 17.6 Å². The molecule has 7 nitrogen and oxygen atoms in total. The van der Waals surface area contributed by atoms with Crippen molar-refractivity contribution in [2.45, 2.75) is 26.2 Å². The average molecular weight is 386 g/mol. The molecule has 1 fully saturated rings. The monoisotopic (exact) mass is 385 g/mol. The van der Waals surface area contributed by atoms with Crippen LogP contribution in [-0.2, 0) is 9.59 Å². The molecule has 0 bridgehead atoms. The molecule has 0 radical (unpaired) electrons. The number of anilines is 1. The normalized spacial score (nSPS) is 15.5. The zero-order valence-electron chi connectivity index (χ0n) is 15.2. The Morgan fingerprint density at radius 2 is 2.00 bits per heavy atom. The standard InChI is InChI=1S/C18H27N3O4.ClH/c1-12(13-5-7-20-8-6-13)9-18(23)21-14-3-4-15(24-2)16(10-14)25-11-17(19)22;/h3-4,10,12-13,20H,5-9,11H2,1-2H3,(H2,19,22)(H,21,23);1H. The summed E-state index contributed by atoms with van der Waals surface area (Å²) in [6, 6.07) is 5.06. The molecule has 0 aliphatic carbocycles. The number of rotatable bonds is 8. The Labute approximate surface area is 160 Å². The predicted octanol–water partition coefficient (Wildman–Crippen LogP) is 1.95. The summed E-state index contributed by atoms with van der Waals surface area (Å²) in [5.41, 5.74) is 5.70. The number of methoxy groups -OCH3 is 1. The van der Waals surface area contributed by atoms with Crippen molar-refractivity contribution in [2.24, 2.45) is 17.6 Å². The number of piperidine rings is 1. The first-order valence-electron chi connectivity index (χ1n) is 8.59. The third kappa shape index (κ3) is 6.72. The first kappa shape index (κ1) is 22.1. The van der Waals surface area contributed by atoms with Crippen molar-refractivity contribution in [3.05, 3.63) is 18.2 Å². The van der Waals surface area contributed by atoms with Crippen molar-refractivity contribution in [3.8, 4) is 11.5 Å². The smallest absolute Gasteiger partial charge is 0.255 e. The highest BCUT2D eigenvalue weighted by molar-refractivity contribution is 5.91. The molecule has 1 unspecified atom stereocenters. The van der Waals surface area contributed by atoms with Gasteiger partial charge in [-0.25, -0.2) is 0 Å². The van der Waals surface area contributed by atoms with Gasteiger partial charge in [0.2, 0.25) is 5.91 Å². The first-order chi connectivity index (χ1) is 12.0. The van der Waals surface area contributed by atoms with Gasteiger partial charge in [-0.1, -0.05) is 6.92 Å². The number of amides is 2. The molecule has 2 amide bonds. The quantitative estimate of drug-likeness (QED) is 0.634. The molecule has 0 saturated carbocycles. The second-order valence-electron chi connectivity index (χ2n) is 6.44. The van der Waals surface area contributed by atoms with Gasteiger partial charge in [-0.3, -0.25) is 9.59 Å². The molecule has 0 aromatic heterocycles. The van der Waals surface area contributed by atoms with E-state index in [1.54, 1.807) is 18.2 Å². The van der Waals surface area contributed by atoms with Gasteiger partial charge in [0.25, 0.3) is 5.91 Å². The summed E-state index contributed by atoms with van der Waals surface area (Å²) in [5, 5.41) is 6.23. The Kier molecular flexibility index (Phi) is 9.23. The van der Waals surface area contributed by atoms with Crippen LogP contribution in [0, 0.1) is 11.8 Å². The van der Waals surface area contributed by atoms with Crippen LogP contribution in [0.25, 0.3) is 0 Å². The van der Waals surface area contributed by atoms with Crippen LogP contribution in [0.3, 0.4) is 0 Å². The lowest BCUT2D eigenvalue weighted by molar-refractivity contribution is -0.120. The molecular weight excluding hydrogens is 358 g/mol. The minimum atomic E-state index is -0.577. The molecular formula is C18H28ClN3O4. The molecule has 2 rings (SSSR count). The lowest BCUT2D eigenvalue weighted by Gasteiger charge is -2.27. The fraction of sp³-hybridized carbons (Fsp3) is 0.556. The van der Waals surface area contributed by atoms with Crippen molar-refractivity contribution in [2.75, 3.05) is 32.1 Å². The number of halogens is 1. The summed E-state index contributed by atoms with van der Waals surface area (Å²) in [5.74, 6) is 1.15. The summed E-state index contributed by atoms with van der Waals surface area (Å²) in [4.78, 5) is 23.2. The third-order valence-corrected chi connectivity index (χ3v) is 4.51. The zero-order valence-corrected chi connectivity index (χ0v) is 16.1. The lowest BCUT2D eigenvalue weighted by Crippen LogP contribution is -2.32. The Bertz CT molecular complexity index is 606. The van der Waals surface area contributed by atoms with Crippen molar-refractivity contribution < 1.29 is 19.1 Å². The Hall–Kier alpha value is -1.99. The van der Waals surface area contributed by atoms with Gasteiger partial charge in [-0.05, 0) is 49.9 Å². The van der Waals surface area contributed by atoms with Crippen LogP contribution in [0.4, 0.5) is 5.69 Å². The SMILES string of the molecule is COc1ccc(NC(=O)CC(C)C2CCNCC2)cc1OCC(N)=O.Cl. The van der Waals surface area contributed by atoms with Gasteiger partial charge < -0.3 is 25.8 Å².